The number of hydrogen-bond acceptors (Lipinski definition) is 6. The second-order valence-electron chi connectivity index (χ2n) is 6.59. The van der Waals surface area contributed by atoms with Crippen molar-refractivity contribution in [3.63, 3.8) is 0 Å². The first-order chi connectivity index (χ1) is 15.9. The second-order valence-corrected chi connectivity index (χ2v) is 6.59. The van der Waals surface area contributed by atoms with Crippen LogP contribution >= 0.6 is 0 Å². The summed E-state index contributed by atoms with van der Waals surface area (Å²) in [5.74, 6) is -0.573. The molecule has 0 aliphatic rings. The fourth-order valence-corrected chi connectivity index (χ4v) is 2.84. The van der Waals surface area contributed by atoms with E-state index in [1.54, 1.807) is 37.3 Å². The molecule has 0 atom stereocenters. The van der Waals surface area contributed by atoms with Crippen LogP contribution in [0.4, 0.5) is 15.8 Å². The Kier molecular flexibility index (Phi) is 7.34. The molecule has 8 nitrogen and oxygen atoms in total. The molecule has 3 rings (SSSR count). The minimum atomic E-state index is -0.695. The standard InChI is InChI=1S/C24H18FN3O5/c1-2-32-22-6-4-3-5-20(22)27-24(29)17(15-26)13-16-7-12-23(21(14-16)28(30)31)33-19-10-8-18(25)9-11-19/h3-14H,2H2,1H3,(H,27,29)/b17-13+. The molecular formula is C24H18FN3O5. The van der Waals surface area contributed by atoms with E-state index in [1.165, 1.54) is 48.5 Å². The van der Waals surface area contributed by atoms with Crippen molar-refractivity contribution >= 4 is 23.4 Å². The van der Waals surface area contributed by atoms with Crippen molar-refractivity contribution in [3.05, 3.63) is 93.8 Å². The fourth-order valence-electron chi connectivity index (χ4n) is 2.84. The number of nitro groups is 1. The van der Waals surface area contributed by atoms with Crippen LogP contribution in [0.15, 0.2) is 72.3 Å². The number of benzene rings is 3. The zero-order valence-electron chi connectivity index (χ0n) is 17.4. The van der Waals surface area contributed by atoms with Crippen LogP contribution in [0.2, 0.25) is 0 Å². The summed E-state index contributed by atoms with van der Waals surface area (Å²) in [6.45, 7) is 2.19. The molecule has 166 valence electrons. The Bertz CT molecular complexity index is 1250. The number of nitro benzene ring substituents is 1. The SMILES string of the molecule is CCOc1ccccc1NC(=O)/C(C#N)=C/c1ccc(Oc2ccc(F)cc2)c([N+](=O)[O-])c1. The highest BCUT2D eigenvalue weighted by Crippen LogP contribution is 2.33. The quantitative estimate of drug-likeness (QED) is 0.212. The van der Waals surface area contributed by atoms with Gasteiger partial charge in [0.15, 0.2) is 0 Å². The van der Waals surface area contributed by atoms with E-state index in [0.717, 1.165) is 0 Å². The first-order valence-corrected chi connectivity index (χ1v) is 9.78. The van der Waals surface area contributed by atoms with Gasteiger partial charge in [-0.15, -0.1) is 0 Å². The molecule has 0 aliphatic heterocycles. The van der Waals surface area contributed by atoms with Gasteiger partial charge in [0.1, 0.15) is 29.0 Å². The van der Waals surface area contributed by atoms with E-state index >= 15 is 0 Å². The van der Waals surface area contributed by atoms with Crippen molar-refractivity contribution in [3.8, 4) is 23.3 Å². The molecule has 0 unspecified atom stereocenters. The lowest BCUT2D eigenvalue weighted by molar-refractivity contribution is -0.385. The number of halogens is 1. The maximum absolute atomic E-state index is 13.1. The number of anilines is 1. The van der Waals surface area contributed by atoms with E-state index in [4.69, 9.17) is 9.47 Å². The van der Waals surface area contributed by atoms with Gasteiger partial charge in [-0.25, -0.2) is 4.39 Å². The third-order valence-corrected chi connectivity index (χ3v) is 4.33. The van der Waals surface area contributed by atoms with Crippen LogP contribution in [0, 0.1) is 27.3 Å². The molecule has 3 aromatic carbocycles. The lowest BCUT2D eigenvalue weighted by Gasteiger charge is -2.11. The van der Waals surface area contributed by atoms with Gasteiger partial charge >= 0.3 is 5.69 Å². The van der Waals surface area contributed by atoms with Gasteiger partial charge < -0.3 is 14.8 Å². The maximum Gasteiger partial charge on any atom is 0.312 e. The number of nitrogens with one attached hydrogen (secondary N) is 1. The lowest BCUT2D eigenvalue weighted by atomic mass is 10.1. The third kappa shape index (κ3) is 5.92. The molecule has 0 heterocycles. The topological polar surface area (TPSA) is 114 Å². The number of nitriles is 1. The van der Waals surface area contributed by atoms with E-state index in [9.17, 15) is 24.6 Å². The number of amides is 1. The van der Waals surface area contributed by atoms with Crippen molar-refractivity contribution < 1.29 is 23.6 Å². The molecule has 0 spiro atoms. The molecule has 0 aliphatic carbocycles. The largest absolute Gasteiger partial charge is 0.492 e. The summed E-state index contributed by atoms with van der Waals surface area (Å²) >= 11 is 0. The summed E-state index contributed by atoms with van der Waals surface area (Å²) < 4.78 is 24.0. The summed E-state index contributed by atoms with van der Waals surface area (Å²) in [6.07, 6.45) is 1.23. The van der Waals surface area contributed by atoms with Gasteiger partial charge in [-0.3, -0.25) is 14.9 Å². The summed E-state index contributed by atoms with van der Waals surface area (Å²) in [7, 11) is 0. The van der Waals surface area contributed by atoms with Crippen LogP contribution in [-0.4, -0.2) is 17.4 Å². The molecule has 1 N–H and O–H groups in total. The summed E-state index contributed by atoms with van der Waals surface area (Å²) in [6, 6.07) is 17.6. The van der Waals surface area contributed by atoms with Crippen LogP contribution < -0.4 is 14.8 Å². The monoisotopic (exact) mass is 447 g/mol. The Balaban J connectivity index is 1.86. The number of nitrogens with zero attached hydrogens (tertiary/aromatic N) is 2. The van der Waals surface area contributed by atoms with Crippen LogP contribution in [-0.2, 0) is 4.79 Å². The number of para-hydroxylation sites is 2. The first-order valence-electron chi connectivity index (χ1n) is 9.78. The molecule has 0 bridgehead atoms. The molecule has 0 radical (unpaired) electrons. The van der Waals surface area contributed by atoms with Crippen LogP contribution in [0.25, 0.3) is 6.08 Å². The normalized spacial score (nSPS) is 10.8. The number of ether oxygens (including phenoxy) is 2. The number of carbonyl (C=O) groups is 1. The average Bonchev–Trinajstić information content (AvgIpc) is 2.81. The maximum atomic E-state index is 13.1. The Morgan fingerprint density at radius 1 is 1.15 bits per heavy atom. The Morgan fingerprint density at radius 3 is 2.55 bits per heavy atom. The lowest BCUT2D eigenvalue weighted by Crippen LogP contribution is -2.14. The molecule has 33 heavy (non-hydrogen) atoms. The van der Waals surface area contributed by atoms with E-state index in [0.29, 0.717) is 18.0 Å². The summed E-state index contributed by atoms with van der Waals surface area (Å²) in [4.78, 5) is 23.5. The van der Waals surface area contributed by atoms with Gasteiger partial charge in [0.25, 0.3) is 5.91 Å². The Morgan fingerprint density at radius 2 is 1.88 bits per heavy atom. The van der Waals surface area contributed by atoms with Gasteiger partial charge in [-0.05, 0) is 61.0 Å². The minimum Gasteiger partial charge on any atom is -0.492 e. The summed E-state index contributed by atoms with van der Waals surface area (Å²) in [5.41, 5.74) is -0.00672. The molecule has 0 saturated heterocycles. The summed E-state index contributed by atoms with van der Waals surface area (Å²) in [5, 5.41) is 23.6. The van der Waals surface area contributed by atoms with Crippen molar-refractivity contribution in [2.75, 3.05) is 11.9 Å². The van der Waals surface area contributed by atoms with Crippen molar-refractivity contribution in [2.45, 2.75) is 6.92 Å². The van der Waals surface area contributed by atoms with Gasteiger partial charge in [-0.1, -0.05) is 18.2 Å². The van der Waals surface area contributed by atoms with Gasteiger partial charge in [0.2, 0.25) is 5.75 Å². The molecule has 0 saturated carbocycles. The Labute approximate surface area is 188 Å². The average molecular weight is 447 g/mol. The van der Waals surface area contributed by atoms with E-state index in [1.807, 2.05) is 0 Å². The zero-order chi connectivity index (χ0) is 23.8. The van der Waals surface area contributed by atoms with Crippen LogP contribution in [0.3, 0.4) is 0 Å². The first kappa shape index (κ1) is 23.0. The number of rotatable bonds is 8. The molecule has 9 heteroatoms. The van der Waals surface area contributed by atoms with Gasteiger partial charge in [0, 0.05) is 6.07 Å². The minimum absolute atomic E-state index is 0.0719. The number of hydrogen-bond donors (Lipinski definition) is 1. The molecule has 0 fully saturated rings. The number of carbonyl (C=O) groups excluding carboxylic acids is 1. The van der Waals surface area contributed by atoms with Gasteiger partial charge in [0.05, 0.1) is 17.2 Å². The van der Waals surface area contributed by atoms with E-state index < -0.39 is 16.6 Å². The molecule has 1 amide bonds. The predicted octanol–water partition coefficient (Wildman–Crippen LogP) is 5.47. The highest BCUT2D eigenvalue weighted by Gasteiger charge is 2.18. The Hall–Kier alpha value is -4.71. The van der Waals surface area contributed by atoms with Crippen LogP contribution in [0.1, 0.15) is 12.5 Å². The van der Waals surface area contributed by atoms with Gasteiger partial charge in [-0.2, -0.15) is 5.26 Å². The third-order valence-electron chi connectivity index (χ3n) is 4.33. The van der Waals surface area contributed by atoms with Crippen molar-refractivity contribution in [2.24, 2.45) is 0 Å². The fraction of sp³-hybridized carbons (Fsp3) is 0.0833. The van der Waals surface area contributed by atoms with Crippen LogP contribution in [0.5, 0.6) is 17.2 Å². The van der Waals surface area contributed by atoms with E-state index in [-0.39, 0.29) is 28.3 Å². The second kappa shape index (κ2) is 10.5. The highest BCUT2D eigenvalue weighted by molar-refractivity contribution is 6.10. The predicted molar refractivity (Wildman–Crippen MR) is 119 cm³/mol. The zero-order valence-corrected chi connectivity index (χ0v) is 17.4. The van der Waals surface area contributed by atoms with E-state index in [2.05, 4.69) is 5.32 Å². The smallest absolute Gasteiger partial charge is 0.312 e. The highest BCUT2D eigenvalue weighted by atomic mass is 19.1. The van der Waals surface area contributed by atoms with Crippen molar-refractivity contribution in [1.82, 2.24) is 0 Å². The molecular weight excluding hydrogens is 429 g/mol. The molecule has 0 aromatic heterocycles. The molecule has 3 aromatic rings. The van der Waals surface area contributed by atoms with Crippen molar-refractivity contribution in [1.29, 1.82) is 5.26 Å².